The van der Waals surface area contributed by atoms with E-state index >= 15 is 0 Å². The second-order valence-electron chi connectivity index (χ2n) is 9.17. The van der Waals surface area contributed by atoms with Crippen LogP contribution in [-0.4, -0.2) is 48.6 Å². The van der Waals surface area contributed by atoms with Crippen LogP contribution in [0.2, 0.25) is 0 Å². The van der Waals surface area contributed by atoms with E-state index < -0.39 is 35.9 Å². The van der Waals surface area contributed by atoms with Crippen molar-refractivity contribution in [2.75, 3.05) is 5.32 Å². The Morgan fingerprint density at radius 1 is 1.03 bits per heavy atom. The number of nitrogens with zero attached hydrogens (tertiary/aromatic N) is 5. The standard InChI is InChI=1S/C24H28F3N7O2/c1-14-12-30-34(3)21(14)16-6-9-19(28-13-16)31-23(36)20(32-22(35)18-10-11-29-33(18)2)15-4-7-17(8-5-15)24(25,26)27/h6,9-13,15,17,20H,4-5,7-8H2,1-3H3,(H,32,35)(H,28,31,36). The Kier molecular flexibility index (Phi) is 7.14. The monoisotopic (exact) mass is 503 g/mol. The van der Waals surface area contributed by atoms with E-state index in [0.29, 0.717) is 0 Å². The molecule has 1 saturated carbocycles. The normalized spacial score (nSPS) is 19.1. The molecule has 192 valence electrons. The lowest BCUT2D eigenvalue weighted by molar-refractivity contribution is -0.184. The summed E-state index contributed by atoms with van der Waals surface area (Å²) in [5.74, 6) is -2.62. The van der Waals surface area contributed by atoms with Gasteiger partial charge in [-0.2, -0.15) is 23.4 Å². The van der Waals surface area contributed by atoms with E-state index in [4.69, 9.17) is 0 Å². The fourth-order valence-corrected chi connectivity index (χ4v) is 4.76. The number of hydrogen-bond donors (Lipinski definition) is 2. The Bertz CT molecular complexity index is 1210. The van der Waals surface area contributed by atoms with Crippen molar-refractivity contribution in [1.29, 1.82) is 0 Å². The third kappa shape index (κ3) is 5.42. The molecule has 1 aliphatic rings. The number of carbonyl (C=O) groups is 2. The van der Waals surface area contributed by atoms with E-state index in [1.807, 2.05) is 14.0 Å². The van der Waals surface area contributed by atoms with Crippen LogP contribution in [0.25, 0.3) is 11.3 Å². The van der Waals surface area contributed by atoms with Crippen molar-refractivity contribution in [1.82, 2.24) is 29.9 Å². The Hall–Kier alpha value is -3.70. The van der Waals surface area contributed by atoms with Crippen LogP contribution in [-0.2, 0) is 18.9 Å². The molecule has 3 aromatic rings. The first kappa shape index (κ1) is 25.4. The number of carbonyl (C=O) groups excluding carboxylic acids is 2. The first-order valence-corrected chi connectivity index (χ1v) is 11.7. The summed E-state index contributed by atoms with van der Waals surface area (Å²) in [5.41, 5.74) is 2.93. The number of hydrogen-bond acceptors (Lipinski definition) is 5. The van der Waals surface area contributed by atoms with Crippen LogP contribution in [0.3, 0.4) is 0 Å². The van der Waals surface area contributed by atoms with Gasteiger partial charge in [-0.25, -0.2) is 4.98 Å². The number of anilines is 1. The van der Waals surface area contributed by atoms with E-state index in [9.17, 15) is 22.8 Å². The fourth-order valence-electron chi connectivity index (χ4n) is 4.76. The van der Waals surface area contributed by atoms with E-state index in [1.54, 1.807) is 36.3 Å². The van der Waals surface area contributed by atoms with Gasteiger partial charge in [0.2, 0.25) is 5.91 Å². The van der Waals surface area contributed by atoms with Crippen LogP contribution in [0, 0.1) is 18.8 Å². The highest BCUT2D eigenvalue weighted by Gasteiger charge is 2.44. The number of pyridine rings is 1. The summed E-state index contributed by atoms with van der Waals surface area (Å²) in [5, 5.41) is 13.6. The molecular formula is C24H28F3N7O2. The maximum Gasteiger partial charge on any atom is 0.391 e. The molecular weight excluding hydrogens is 475 g/mol. The molecule has 1 fully saturated rings. The summed E-state index contributed by atoms with van der Waals surface area (Å²) in [6.45, 7) is 1.93. The molecule has 0 aliphatic heterocycles. The van der Waals surface area contributed by atoms with Crippen molar-refractivity contribution in [3.63, 3.8) is 0 Å². The zero-order valence-electron chi connectivity index (χ0n) is 20.2. The minimum absolute atomic E-state index is 0.0868. The molecule has 0 radical (unpaired) electrons. The molecule has 12 heteroatoms. The topological polar surface area (TPSA) is 107 Å². The highest BCUT2D eigenvalue weighted by Crippen LogP contribution is 2.40. The molecule has 3 heterocycles. The number of alkyl halides is 3. The van der Waals surface area contributed by atoms with Gasteiger partial charge in [0.05, 0.1) is 17.8 Å². The first-order valence-electron chi connectivity index (χ1n) is 11.7. The molecule has 0 spiro atoms. The van der Waals surface area contributed by atoms with Crippen molar-refractivity contribution in [3.05, 3.63) is 48.0 Å². The molecule has 1 aliphatic carbocycles. The lowest BCUT2D eigenvalue weighted by Gasteiger charge is -2.34. The average Bonchev–Trinajstić information content (AvgIpc) is 3.42. The lowest BCUT2D eigenvalue weighted by atomic mass is 9.78. The first-order chi connectivity index (χ1) is 17.0. The van der Waals surface area contributed by atoms with Gasteiger partial charge >= 0.3 is 6.18 Å². The molecule has 0 saturated heterocycles. The zero-order valence-corrected chi connectivity index (χ0v) is 20.2. The number of halogens is 3. The summed E-state index contributed by atoms with van der Waals surface area (Å²) < 4.78 is 42.6. The minimum Gasteiger partial charge on any atom is -0.339 e. The molecule has 0 bridgehead atoms. The fraction of sp³-hybridized carbons (Fsp3) is 0.458. The van der Waals surface area contributed by atoms with E-state index in [0.717, 1.165) is 16.8 Å². The molecule has 2 amide bonds. The smallest absolute Gasteiger partial charge is 0.339 e. The summed E-state index contributed by atoms with van der Waals surface area (Å²) in [6.07, 6.45) is 0.700. The molecule has 1 atom stereocenters. The van der Waals surface area contributed by atoms with E-state index in [2.05, 4.69) is 25.8 Å². The summed E-state index contributed by atoms with van der Waals surface area (Å²) >= 11 is 0. The highest BCUT2D eigenvalue weighted by molar-refractivity contribution is 6.00. The predicted molar refractivity (Wildman–Crippen MR) is 126 cm³/mol. The predicted octanol–water partition coefficient (Wildman–Crippen LogP) is 3.63. The average molecular weight is 504 g/mol. The van der Waals surface area contributed by atoms with E-state index in [-0.39, 0.29) is 37.2 Å². The third-order valence-electron chi connectivity index (χ3n) is 6.74. The number of aryl methyl sites for hydroxylation is 3. The van der Waals surface area contributed by atoms with E-state index in [1.165, 1.54) is 16.9 Å². The largest absolute Gasteiger partial charge is 0.391 e. The molecule has 2 N–H and O–H groups in total. The highest BCUT2D eigenvalue weighted by atomic mass is 19.4. The van der Waals surface area contributed by atoms with Gasteiger partial charge in [-0.15, -0.1) is 0 Å². The van der Waals surface area contributed by atoms with Crippen molar-refractivity contribution < 1.29 is 22.8 Å². The third-order valence-corrected chi connectivity index (χ3v) is 6.74. The number of amides is 2. The zero-order chi connectivity index (χ0) is 26.0. The van der Waals surface area contributed by atoms with Gasteiger partial charge in [-0.3, -0.25) is 19.0 Å². The van der Waals surface area contributed by atoms with Crippen LogP contribution in [0.1, 0.15) is 41.7 Å². The van der Waals surface area contributed by atoms with Gasteiger partial charge in [0.25, 0.3) is 5.91 Å². The maximum atomic E-state index is 13.3. The van der Waals surface area contributed by atoms with Crippen LogP contribution >= 0.6 is 0 Å². The Morgan fingerprint density at radius 2 is 1.75 bits per heavy atom. The summed E-state index contributed by atoms with van der Waals surface area (Å²) in [4.78, 5) is 30.4. The molecule has 9 nitrogen and oxygen atoms in total. The minimum atomic E-state index is -4.27. The van der Waals surface area contributed by atoms with Crippen LogP contribution in [0.5, 0.6) is 0 Å². The Labute approximate surface area is 206 Å². The van der Waals surface area contributed by atoms with Crippen molar-refractivity contribution in [3.8, 4) is 11.3 Å². The van der Waals surface area contributed by atoms with Gasteiger partial charge in [0.15, 0.2) is 0 Å². The maximum absolute atomic E-state index is 13.3. The second kappa shape index (κ2) is 10.1. The van der Waals surface area contributed by atoms with Gasteiger partial charge in [0, 0.05) is 32.1 Å². The Morgan fingerprint density at radius 3 is 2.28 bits per heavy atom. The van der Waals surface area contributed by atoms with Crippen LogP contribution in [0.15, 0.2) is 36.8 Å². The van der Waals surface area contributed by atoms with Gasteiger partial charge in [-0.05, 0) is 62.3 Å². The number of aromatic nitrogens is 5. The number of nitrogens with one attached hydrogen (secondary N) is 2. The Balaban J connectivity index is 1.51. The molecule has 4 rings (SSSR count). The summed E-state index contributed by atoms with van der Waals surface area (Å²) in [7, 11) is 3.41. The van der Waals surface area contributed by atoms with Gasteiger partial charge < -0.3 is 10.6 Å². The number of rotatable bonds is 6. The SMILES string of the molecule is Cc1cnn(C)c1-c1ccc(NC(=O)C(NC(=O)c2ccnn2C)C2CCC(C(F)(F)F)CC2)nc1. The summed E-state index contributed by atoms with van der Waals surface area (Å²) in [6, 6.07) is 3.92. The molecule has 1 unspecified atom stereocenters. The molecule has 36 heavy (non-hydrogen) atoms. The lowest BCUT2D eigenvalue weighted by Crippen LogP contribution is -2.50. The van der Waals surface area contributed by atoms with Gasteiger partial charge in [-0.1, -0.05) is 0 Å². The second-order valence-corrected chi connectivity index (χ2v) is 9.17. The quantitative estimate of drug-likeness (QED) is 0.534. The van der Waals surface area contributed by atoms with Crippen molar-refractivity contribution in [2.45, 2.75) is 44.8 Å². The van der Waals surface area contributed by atoms with Gasteiger partial charge in [0.1, 0.15) is 17.6 Å². The van der Waals surface area contributed by atoms with Crippen molar-refractivity contribution >= 4 is 17.6 Å². The van der Waals surface area contributed by atoms with Crippen LogP contribution in [0.4, 0.5) is 19.0 Å². The van der Waals surface area contributed by atoms with Crippen molar-refractivity contribution in [2.24, 2.45) is 25.9 Å². The van der Waals surface area contributed by atoms with Crippen LogP contribution < -0.4 is 10.6 Å². The molecule has 0 aromatic carbocycles. The molecule has 3 aromatic heterocycles.